The zero-order valence-corrected chi connectivity index (χ0v) is 15.2. The number of carbonyl (C=O) groups excluding carboxylic acids is 1. The van der Waals surface area contributed by atoms with E-state index in [2.05, 4.69) is 46.5 Å². The lowest BCUT2D eigenvalue weighted by molar-refractivity contribution is 0.200. The largest absolute Gasteiger partial charge is 0.334 e. The van der Waals surface area contributed by atoms with Crippen LogP contribution in [-0.4, -0.2) is 51.8 Å². The second-order valence-electron chi connectivity index (χ2n) is 7.09. The maximum atomic E-state index is 12.5. The van der Waals surface area contributed by atoms with Crippen molar-refractivity contribution in [3.8, 4) is 0 Å². The number of benzene rings is 1. The third-order valence-corrected chi connectivity index (χ3v) is 4.77. The van der Waals surface area contributed by atoms with Gasteiger partial charge >= 0.3 is 6.03 Å². The molecule has 1 aliphatic heterocycles. The Balaban J connectivity index is 1.50. The fourth-order valence-corrected chi connectivity index (χ4v) is 3.39. The van der Waals surface area contributed by atoms with E-state index in [0.717, 1.165) is 25.2 Å². The number of aryl methyl sites for hydroxylation is 1. The molecular formula is C19H27N5O. The summed E-state index contributed by atoms with van der Waals surface area (Å²) in [4.78, 5) is 16.6. The summed E-state index contributed by atoms with van der Waals surface area (Å²) < 4.78 is 1.75. The minimum Gasteiger partial charge on any atom is -0.334 e. The van der Waals surface area contributed by atoms with Gasteiger partial charge in [-0.05, 0) is 11.5 Å². The van der Waals surface area contributed by atoms with E-state index in [-0.39, 0.29) is 12.1 Å². The number of nitrogens with one attached hydrogen (secondary N) is 1. The zero-order valence-electron chi connectivity index (χ0n) is 15.2. The Morgan fingerprint density at radius 1 is 1.28 bits per heavy atom. The average molecular weight is 341 g/mol. The van der Waals surface area contributed by atoms with Crippen molar-refractivity contribution in [2.45, 2.75) is 26.1 Å². The molecule has 0 aliphatic carbocycles. The van der Waals surface area contributed by atoms with Gasteiger partial charge < -0.3 is 10.2 Å². The van der Waals surface area contributed by atoms with E-state index in [9.17, 15) is 4.79 Å². The quantitative estimate of drug-likeness (QED) is 0.906. The minimum absolute atomic E-state index is 0.0257. The Morgan fingerprint density at radius 3 is 2.72 bits per heavy atom. The van der Waals surface area contributed by atoms with Crippen LogP contribution in [0.5, 0.6) is 0 Å². The van der Waals surface area contributed by atoms with Gasteiger partial charge in [0.05, 0.1) is 12.7 Å². The molecule has 0 radical (unpaired) electrons. The zero-order chi connectivity index (χ0) is 17.8. The number of hydrogen-bond acceptors (Lipinski definition) is 3. The molecule has 1 aliphatic rings. The first-order valence-electron chi connectivity index (χ1n) is 8.76. The smallest absolute Gasteiger partial charge is 0.317 e. The fourth-order valence-electron chi connectivity index (χ4n) is 3.39. The Labute approximate surface area is 149 Å². The molecular weight excluding hydrogens is 314 g/mol. The number of nitrogens with zero attached hydrogens (tertiary/aromatic N) is 4. The Hall–Kier alpha value is -2.34. The van der Waals surface area contributed by atoms with Crippen molar-refractivity contribution in [3.63, 3.8) is 0 Å². The Kier molecular flexibility index (Phi) is 5.38. The minimum atomic E-state index is -0.0257. The molecule has 6 nitrogen and oxygen atoms in total. The molecule has 2 atom stereocenters. The van der Waals surface area contributed by atoms with Crippen LogP contribution in [-0.2, 0) is 20.1 Å². The maximum absolute atomic E-state index is 12.5. The highest BCUT2D eigenvalue weighted by atomic mass is 16.2. The maximum Gasteiger partial charge on any atom is 0.317 e. The molecule has 1 N–H and O–H groups in total. The van der Waals surface area contributed by atoms with Crippen LogP contribution in [0.1, 0.15) is 18.1 Å². The van der Waals surface area contributed by atoms with Crippen LogP contribution in [0.15, 0.2) is 42.7 Å². The van der Waals surface area contributed by atoms with Gasteiger partial charge in [0.1, 0.15) is 0 Å². The summed E-state index contributed by atoms with van der Waals surface area (Å²) in [5, 5.41) is 7.34. The van der Waals surface area contributed by atoms with Crippen LogP contribution >= 0.6 is 0 Å². The highest BCUT2D eigenvalue weighted by Crippen LogP contribution is 2.19. The first-order chi connectivity index (χ1) is 12.0. The highest BCUT2D eigenvalue weighted by Gasteiger charge is 2.31. The molecule has 25 heavy (non-hydrogen) atoms. The van der Waals surface area contributed by atoms with Crippen molar-refractivity contribution in [2.24, 2.45) is 13.0 Å². The second-order valence-corrected chi connectivity index (χ2v) is 7.09. The molecule has 0 spiro atoms. The summed E-state index contributed by atoms with van der Waals surface area (Å²) in [6.45, 7) is 5.60. The number of carbonyl (C=O) groups is 1. The molecule has 1 aromatic carbocycles. The van der Waals surface area contributed by atoms with Crippen LogP contribution in [0, 0.1) is 5.92 Å². The molecule has 2 amide bonds. The number of aromatic nitrogens is 2. The van der Waals surface area contributed by atoms with E-state index in [4.69, 9.17) is 0 Å². The normalized spacial score (nSPS) is 20.6. The second kappa shape index (κ2) is 7.70. The van der Waals surface area contributed by atoms with Crippen LogP contribution < -0.4 is 5.32 Å². The van der Waals surface area contributed by atoms with Crippen molar-refractivity contribution >= 4 is 6.03 Å². The predicted molar refractivity (Wildman–Crippen MR) is 97.9 cm³/mol. The van der Waals surface area contributed by atoms with Gasteiger partial charge in [-0.3, -0.25) is 9.58 Å². The van der Waals surface area contributed by atoms with Crippen LogP contribution in [0.25, 0.3) is 0 Å². The number of likely N-dealkylation sites (tertiary alicyclic amines) is 1. The van der Waals surface area contributed by atoms with Crippen molar-refractivity contribution in [2.75, 3.05) is 20.1 Å². The molecule has 1 fully saturated rings. The standard InChI is InChI=1S/C19H27N5O/c1-15-10-24(13-16-7-5-4-6-8-16)14-18(15)21-19(25)22(2)11-17-9-20-23(3)12-17/h4-9,12,15,18H,10-11,13-14H2,1-3H3,(H,21,25)/t15-,18+/m0/s1. The first-order valence-corrected chi connectivity index (χ1v) is 8.76. The van der Waals surface area contributed by atoms with E-state index in [0.29, 0.717) is 12.5 Å². The van der Waals surface area contributed by atoms with Gasteiger partial charge in [0.2, 0.25) is 0 Å². The molecule has 134 valence electrons. The number of hydrogen-bond donors (Lipinski definition) is 1. The fraction of sp³-hybridized carbons (Fsp3) is 0.474. The summed E-state index contributed by atoms with van der Waals surface area (Å²) in [6.07, 6.45) is 3.73. The lowest BCUT2D eigenvalue weighted by Crippen LogP contribution is -2.45. The molecule has 1 aromatic heterocycles. The van der Waals surface area contributed by atoms with Crippen molar-refractivity contribution in [3.05, 3.63) is 53.9 Å². The molecule has 0 saturated carbocycles. The van der Waals surface area contributed by atoms with Gasteiger partial charge in [-0.25, -0.2) is 4.79 Å². The average Bonchev–Trinajstić information content (AvgIpc) is 3.14. The van der Waals surface area contributed by atoms with Crippen LogP contribution in [0.2, 0.25) is 0 Å². The Morgan fingerprint density at radius 2 is 2.04 bits per heavy atom. The third kappa shape index (κ3) is 4.60. The SMILES string of the molecule is C[C@H]1CN(Cc2ccccc2)C[C@H]1NC(=O)N(C)Cc1cnn(C)c1. The van der Waals surface area contributed by atoms with Crippen molar-refractivity contribution in [1.82, 2.24) is 24.9 Å². The molecule has 6 heteroatoms. The van der Waals surface area contributed by atoms with Gasteiger partial charge in [-0.1, -0.05) is 37.3 Å². The van der Waals surface area contributed by atoms with Gasteiger partial charge in [0.15, 0.2) is 0 Å². The third-order valence-electron chi connectivity index (χ3n) is 4.77. The summed E-state index contributed by atoms with van der Waals surface area (Å²) in [6, 6.07) is 10.6. The topological polar surface area (TPSA) is 53.4 Å². The Bertz CT molecular complexity index is 699. The van der Waals surface area contributed by atoms with Crippen molar-refractivity contribution < 1.29 is 4.79 Å². The van der Waals surface area contributed by atoms with Crippen LogP contribution in [0.3, 0.4) is 0 Å². The predicted octanol–water partition coefficient (Wildman–Crippen LogP) is 2.08. The summed E-state index contributed by atoms with van der Waals surface area (Å²) in [5.74, 6) is 0.444. The van der Waals surface area contributed by atoms with E-state index in [1.807, 2.05) is 26.4 Å². The highest BCUT2D eigenvalue weighted by molar-refractivity contribution is 5.74. The molecule has 0 unspecified atom stereocenters. The molecule has 1 saturated heterocycles. The van der Waals surface area contributed by atoms with Crippen LogP contribution in [0.4, 0.5) is 4.79 Å². The van der Waals surface area contributed by atoms with E-state index < -0.39 is 0 Å². The monoisotopic (exact) mass is 341 g/mol. The molecule has 3 rings (SSSR count). The molecule has 2 heterocycles. The van der Waals surface area contributed by atoms with E-state index in [1.165, 1.54) is 5.56 Å². The summed E-state index contributed by atoms with van der Waals surface area (Å²) >= 11 is 0. The lowest BCUT2D eigenvalue weighted by Gasteiger charge is -2.22. The molecule has 2 aromatic rings. The van der Waals surface area contributed by atoms with Crippen molar-refractivity contribution in [1.29, 1.82) is 0 Å². The van der Waals surface area contributed by atoms with E-state index >= 15 is 0 Å². The first kappa shape index (κ1) is 17.5. The number of rotatable bonds is 5. The summed E-state index contributed by atoms with van der Waals surface area (Å²) in [7, 11) is 3.70. The van der Waals surface area contributed by atoms with E-state index in [1.54, 1.807) is 15.8 Å². The lowest BCUT2D eigenvalue weighted by atomic mass is 10.1. The van der Waals surface area contributed by atoms with Gasteiger partial charge in [0.25, 0.3) is 0 Å². The van der Waals surface area contributed by atoms with Gasteiger partial charge in [-0.15, -0.1) is 0 Å². The number of urea groups is 1. The van der Waals surface area contributed by atoms with Gasteiger partial charge in [0, 0.05) is 51.5 Å². The number of amides is 2. The summed E-state index contributed by atoms with van der Waals surface area (Å²) in [5.41, 5.74) is 2.35. The van der Waals surface area contributed by atoms with Gasteiger partial charge in [-0.2, -0.15) is 5.10 Å². The molecule has 0 bridgehead atoms.